The number of esters is 2. The van der Waals surface area contributed by atoms with Gasteiger partial charge in [-0.15, -0.1) is 0 Å². The number of phosphoric acid groups is 2. The lowest BCUT2D eigenvalue weighted by molar-refractivity contribution is -0.161. The molecule has 14 nitrogen and oxygen atoms in total. The second kappa shape index (κ2) is 41.2. The summed E-state index contributed by atoms with van der Waals surface area (Å²) in [5.74, 6) is -0.380. The number of rotatable bonds is 43. The van der Waals surface area contributed by atoms with Crippen LogP contribution in [0, 0.1) is 5.92 Å². The van der Waals surface area contributed by atoms with Gasteiger partial charge in [0.1, 0.15) is 12.7 Å². The lowest BCUT2D eigenvalue weighted by atomic mass is 9.99. The third kappa shape index (κ3) is 44.8. The van der Waals surface area contributed by atoms with E-state index in [9.17, 15) is 33.8 Å². The molecule has 0 aromatic rings. The molecule has 366 valence electrons. The lowest BCUT2D eigenvalue weighted by Crippen LogP contribution is -2.30. The van der Waals surface area contributed by atoms with Crippen molar-refractivity contribution in [2.24, 2.45) is 5.92 Å². The van der Waals surface area contributed by atoms with Crippen molar-refractivity contribution in [2.75, 3.05) is 26.4 Å². The summed E-state index contributed by atoms with van der Waals surface area (Å²) >= 11 is 0. The van der Waals surface area contributed by atoms with Gasteiger partial charge in [0.05, 0.1) is 25.9 Å². The van der Waals surface area contributed by atoms with Crippen LogP contribution in [0.3, 0.4) is 0 Å². The minimum absolute atomic E-state index is 0.100. The predicted octanol–water partition coefficient (Wildman–Crippen LogP) is 11.2. The highest BCUT2D eigenvalue weighted by atomic mass is 31.2. The minimum Gasteiger partial charge on any atom is -0.462 e. The molecule has 0 aliphatic carbocycles. The highest BCUT2D eigenvalue weighted by Gasteiger charge is 2.28. The van der Waals surface area contributed by atoms with Crippen LogP contribution in [0.4, 0.5) is 0 Å². The van der Waals surface area contributed by atoms with Gasteiger partial charge in [-0.25, -0.2) is 9.13 Å². The van der Waals surface area contributed by atoms with Crippen LogP contribution in [-0.2, 0) is 41.8 Å². The van der Waals surface area contributed by atoms with Gasteiger partial charge in [0.2, 0.25) is 0 Å². The maximum absolute atomic E-state index is 12.7. The van der Waals surface area contributed by atoms with Gasteiger partial charge in [-0.3, -0.25) is 23.2 Å². The Morgan fingerprint density at radius 3 is 1.60 bits per heavy atom. The Labute approximate surface area is 379 Å². The van der Waals surface area contributed by atoms with Crippen LogP contribution in [0.5, 0.6) is 0 Å². The van der Waals surface area contributed by atoms with E-state index < -0.39 is 72.3 Å². The van der Waals surface area contributed by atoms with Crippen LogP contribution < -0.4 is 0 Å². The molecule has 0 saturated carbocycles. The Hall–Kier alpha value is -2.22. The fourth-order valence-electron chi connectivity index (χ4n) is 6.12. The molecule has 5 atom stereocenters. The number of allylic oxidation sites excluding steroid dienone is 9. The molecule has 0 fully saturated rings. The zero-order valence-electron chi connectivity index (χ0n) is 38.7. The molecule has 0 aromatic carbocycles. The van der Waals surface area contributed by atoms with Crippen LogP contribution in [-0.4, -0.2) is 81.6 Å². The van der Waals surface area contributed by atoms with E-state index in [2.05, 4.69) is 66.3 Å². The van der Waals surface area contributed by atoms with E-state index in [1.165, 1.54) is 77.0 Å². The number of ether oxygens (including phenoxy) is 2. The second-order valence-corrected chi connectivity index (χ2v) is 18.8. The summed E-state index contributed by atoms with van der Waals surface area (Å²) in [6.45, 7) is 3.80. The van der Waals surface area contributed by atoms with E-state index in [1.807, 2.05) is 12.2 Å². The standard InChI is InChI=1S/C47H84O14P2/c1-4-6-7-8-9-10-11-14-18-21-24-27-30-34-43(48)35-32-37-47(51)61-45(41-60-63(55,56)59-39-44(49)38-58-62(52,53)54)40-57-46(50)36-31-28-25-22-19-16-13-12-15-17-20-23-26-29-33-42(3)5-2/h6-7,9-10,14,18,24,27,30,34,42-45,48-49H,4-5,8,11-13,15-17,19-23,25-26,28-29,31-33,35-41H2,1-3H3,(H,55,56)(H2,52,53,54)/b7-6-,10-9-,18-14-,27-24-,34-30+/t42?,43?,44-,45+/m0/s1. The first-order valence-corrected chi connectivity index (χ1v) is 26.5. The summed E-state index contributed by atoms with van der Waals surface area (Å²) in [7, 11) is -9.75. The first kappa shape index (κ1) is 60.8. The Kier molecular flexibility index (Phi) is 39.8. The largest absolute Gasteiger partial charge is 0.472 e. The van der Waals surface area contributed by atoms with Crippen LogP contribution in [0.2, 0.25) is 0 Å². The molecule has 0 radical (unpaired) electrons. The molecule has 0 spiro atoms. The van der Waals surface area contributed by atoms with Gasteiger partial charge < -0.3 is 34.4 Å². The van der Waals surface area contributed by atoms with E-state index in [4.69, 9.17) is 23.8 Å². The van der Waals surface area contributed by atoms with Crippen LogP contribution in [0.25, 0.3) is 0 Å². The normalized spacial score (nSPS) is 15.5. The Bertz CT molecular complexity index is 1380. The monoisotopic (exact) mass is 935 g/mol. The van der Waals surface area contributed by atoms with Gasteiger partial charge in [0, 0.05) is 12.8 Å². The molecule has 0 heterocycles. The molecular weight excluding hydrogens is 850 g/mol. The van der Waals surface area contributed by atoms with E-state index in [0.717, 1.165) is 50.9 Å². The molecule has 0 amide bonds. The van der Waals surface area contributed by atoms with Gasteiger partial charge in [-0.1, -0.05) is 178 Å². The SMILES string of the molecule is CC/C=C\C/C=C\C/C=C\C/C=C\C=C\C(O)CCCC(=O)O[C@H](COC(=O)CCCCCCCCCCCCCCCCC(C)CC)COP(=O)(O)OC[C@@H](O)COP(=O)(O)O. The van der Waals surface area contributed by atoms with Crippen LogP contribution in [0.15, 0.2) is 60.8 Å². The molecule has 0 aliphatic heterocycles. The summed E-state index contributed by atoms with van der Waals surface area (Å²) in [4.78, 5) is 52.8. The Morgan fingerprint density at radius 2 is 1.05 bits per heavy atom. The molecule has 3 unspecified atom stereocenters. The molecule has 0 bridgehead atoms. The minimum atomic E-state index is -4.89. The van der Waals surface area contributed by atoms with Gasteiger partial charge in [-0.2, -0.15) is 0 Å². The van der Waals surface area contributed by atoms with Crippen molar-refractivity contribution in [3.8, 4) is 0 Å². The maximum atomic E-state index is 12.7. The summed E-state index contributed by atoms with van der Waals surface area (Å²) in [6, 6.07) is 0. The number of carbonyl (C=O) groups is 2. The summed E-state index contributed by atoms with van der Waals surface area (Å²) in [5, 5.41) is 20.1. The lowest BCUT2D eigenvalue weighted by Gasteiger charge is -2.20. The van der Waals surface area contributed by atoms with E-state index >= 15 is 0 Å². The summed E-state index contributed by atoms with van der Waals surface area (Å²) in [5.41, 5.74) is 0. The topological polar surface area (TPSA) is 216 Å². The van der Waals surface area contributed by atoms with Crippen molar-refractivity contribution < 1.29 is 66.7 Å². The van der Waals surface area contributed by atoms with Crippen LogP contribution >= 0.6 is 15.6 Å². The van der Waals surface area contributed by atoms with Gasteiger partial charge in [0.25, 0.3) is 0 Å². The highest BCUT2D eigenvalue weighted by molar-refractivity contribution is 7.47. The van der Waals surface area contributed by atoms with Crippen molar-refractivity contribution in [2.45, 2.75) is 193 Å². The zero-order chi connectivity index (χ0) is 46.9. The van der Waals surface area contributed by atoms with Crippen LogP contribution in [0.1, 0.15) is 175 Å². The number of phosphoric ester groups is 2. The molecule has 63 heavy (non-hydrogen) atoms. The van der Waals surface area contributed by atoms with Gasteiger partial charge in [0.15, 0.2) is 6.10 Å². The number of unbranched alkanes of at least 4 members (excludes halogenated alkanes) is 13. The average molecular weight is 935 g/mol. The van der Waals surface area contributed by atoms with Gasteiger partial charge >= 0.3 is 27.6 Å². The smallest absolute Gasteiger partial charge is 0.462 e. The Morgan fingerprint density at radius 1 is 0.556 bits per heavy atom. The number of aliphatic hydroxyl groups is 2. The third-order valence-corrected chi connectivity index (χ3v) is 11.5. The number of aliphatic hydroxyl groups excluding tert-OH is 2. The fourth-order valence-corrected chi connectivity index (χ4v) is 7.27. The Balaban J connectivity index is 4.64. The number of hydrogen-bond donors (Lipinski definition) is 5. The molecule has 16 heteroatoms. The summed E-state index contributed by atoms with van der Waals surface area (Å²) in [6.07, 6.45) is 39.5. The van der Waals surface area contributed by atoms with Gasteiger partial charge in [-0.05, 0) is 50.9 Å². The molecular formula is C47H84O14P2. The molecule has 0 saturated heterocycles. The number of hydrogen-bond acceptors (Lipinski definition) is 11. The molecule has 0 aromatic heterocycles. The van der Waals surface area contributed by atoms with Crippen molar-refractivity contribution in [1.29, 1.82) is 0 Å². The number of carbonyl (C=O) groups excluding carboxylic acids is 2. The zero-order valence-corrected chi connectivity index (χ0v) is 40.5. The van der Waals surface area contributed by atoms with Crippen molar-refractivity contribution in [1.82, 2.24) is 0 Å². The maximum Gasteiger partial charge on any atom is 0.472 e. The van der Waals surface area contributed by atoms with Crippen molar-refractivity contribution in [3.63, 3.8) is 0 Å². The first-order chi connectivity index (χ1) is 30.2. The van der Waals surface area contributed by atoms with E-state index in [0.29, 0.717) is 6.42 Å². The predicted molar refractivity (Wildman–Crippen MR) is 250 cm³/mol. The fraction of sp³-hybridized carbons (Fsp3) is 0.745. The quantitative estimate of drug-likeness (QED) is 0.0126. The molecule has 0 rings (SSSR count). The molecule has 5 N–H and O–H groups in total. The summed E-state index contributed by atoms with van der Waals surface area (Å²) < 4.78 is 47.7. The van der Waals surface area contributed by atoms with Crippen molar-refractivity contribution >= 4 is 27.6 Å². The first-order valence-electron chi connectivity index (χ1n) is 23.5. The van der Waals surface area contributed by atoms with E-state index in [1.54, 1.807) is 12.2 Å². The third-order valence-electron chi connectivity index (χ3n) is 10.1. The average Bonchev–Trinajstić information content (AvgIpc) is 3.24. The second-order valence-electron chi connectivity index (χ2n) is 16.1. The van der Waals surface area contributed by atoms with E-state index in [-0.39, 0.29) is 25.7 Å². The molecule has 0 aliphatic rings. The highest BCUT2D eigenvalue weighted by Crippen LogP contribution is 2.43. The van der Waals surface area contributed by atoms with Crippen molar-refractivity contribution in [3.05, 3.63) is 60.8 Å².